The molecule has 0 saturated heterocycles. The van der Waals surface area contributed by atoms with Gasteiger partial charge < -0.3 is 0 Å². The summed E-state index contributed by atoms with van der Waals surface area (Å²) in [6, 6.07) is 15.6. The number of hydrogen-bond acceptors (Lipinski definition) is 2. The molecule has 0 radical (unpaired) electrons. The van der Waals surface area contributed by atoms with Crippen molar-refractivity contribution in [2.24, 2.45) is 11.8 Å². The van der Waals surface area contributed by atoms with Crippen LogP contribution in [0.15, 0.2) is 48.5 Å². The van der Waals surface area contributed by atoms with Crippen molar-refractivity contribution in [2.45, 2.75) is 44.9 Å². The van der Waals surface area contributed by atoms with Crippen LogP contribution in [-0.4, -0.2) is 11.6 Å². The van der Waals surface area contributed by atoms with E-state index in [2.05, 4.69) is 24.3 Å². The van der Waals surface area contributed by atoms with Crippen LogP contribution >= 0.6 is 23.2 Å². The third-order valence-electron chi connectivity index (χ3n) is 5.67. The second kappa shape index (κ2) is 9.03. The van der Waals surface area contributed by atoms with Crippen LogP contribution < -0.4 is 0 Å². The van der Waals surface area contributed by atoms with Gasteiger partial charge in [-0.1, -0.05) is 53.5 Å². The van der Waals surface area contributed by atoms with Crippen LogP contribution in [0.1, 0.15) is 49.7 Å². The smallest absolute Gasteiger partial charge is 0.146 e. The number of Topliss-reactive ketones (excluding diaryl/α,β-unsaturated/α-hetero) is 2. The van der Waals surface area contributed by atoms with Gasteiger partial charge in [-0.25, -0.2) is 0 Å². The van der Waals surface area contributed by atoms with Gasteiger partial charge in [0.05, 0.1) is 5.92 Å². The van der Waals surface area contributed by atoms with Gasteiger partial charge in [0.25, 0.3) is 0 Å². The van der Waals surface area contributed by atoms with Crippen LogP contribution in [0.3, 0.4) is 0 Å². The van der Waals surface area contributed by atoms with E-state index in [0.717, 1.165) is 31.2 Å². The SMILES string of the molecule is CC(=O)C(Cc1cc(Cl)ccc1Cl)C(=O)[C@H]1CC[C@H](c2ccccc2)CC1. The Bertz CT molecular complexity index is 808. The molecule has 142 valence electrons. The highest BCUT2D eigenvalue weighted by molar-refractivity contribution is 6.33. The second-order valence-electron chi connectivity index (χ2n) is 7.46. The summed E-state index contributed by atoms with van der Waals surface area (Å²) in [5, 5.41) is 1.11. The van der Waals surface area contributed by atoms with E-state index in [1.165, 1.54) is 12.5 Å². The molecule has 0 aromatic heterocycles. The normalized spacial score (nSPS) is 20.9. The summed E-state index contributed by atoms with van der Waals surface area (Å²) in [4.78, 5) is 25.3. The van der Waals surface area contributed by atoms with Gasteiger partial charge in [-0.2, -0.15) is 0 Å². The highest BCUT2D eigenvalue weighted by Crippen LogP contribution is 2.37. The molecule has 0 aliphatic heterocycles. The number of ketones is 2. The maximum absolute atomic E-state index is 13.1. The largest absolute Gasteiger partial charge is 0.299 e. The van der Waals surface area contributed by atoms with Crippen molar-refractivity contribution in [2.75, 3.05) is 0 Å². The van der Waals surface area contributed by atoms with Crippen molar-refractivity contribution in [3.63, 3.8) is 0 Å². The Kier molecular flexibility index (Phi) is 6.73. The van der Waals surface area contributed by atoms with E-state index in [1.807, 2.05) is 6.07 Å². The number of rotatable bonds is 6. The number of carbonyl (C=O) groups is 2. The molecule has 4 heteroatoms. The van der Waals surface area contributed by atoms with Crippen LogP contribution in [0.2, 0.25) is 10.0 Å². The molecule has 1 aliphatic rings. The van der Waals surface area contributed by atoms with Gasteiger partial charge in [-0.3, -0.25) is 9.59 Å². The van der Waals surface area contributed by atoms with Gasteiger partial charge in [-0.05, 0) is 74.3 Å². The van der Waals surface area contributed by atoms with Gasteiger partial charge in [0.2, 0.25) is 0 Å². The van der Waals surface area contributed by atoms with E-state index in [0.29, 0.717) is 22.4 Å². The Morgan fingerprint density at radius 1 is 1.00 bits per heavy atom. The fraction of sp³-hybridized carbons (Fsp3) is 0.391. The van der Waals surface area contributed by atoms with E-state index in [9.17, 15) is 9.59 Å². The number of carbonyl (C=O) groups excluding carboxylic acids is 2. The molecule has 2 nitrogen and oxygen atoms in total. The van der Waals surface area contributed by atoms with Crippen molar-refractivity contribution < 1.29 is 9.59 Å². The zero-order valence-corrected chi connectivity index (χ0v) is 17.0. The fourth-order valence-electron chi connectivity index (χ4n) is 4.09. The van der Waals surface area contributed by atoms with Crippen LogP contribution in [-0.2, 0) is 16.0 Å². The summed E-state index contributed by atoms with van der Waals surface area (Å²) in [5.41, 5.74) is 2.10. The predicted molar refractivity (Wildman–Crippen MR) is 110 cm³/mol. The topological polar surface area (TPSA) is 34.1 Å². The van der Waals surface area contributed by atoms with E-state index < -0.39 is 5.92 Å². The Hall–Kier alpha value is -1.64. The van der Waals surface area contributed by atoms with Crippen LogP contribution in [0.25, 0.3) is 0 Å². The Balaban J connectivity index is 1.67. The third kappa shape index (κ3) is 5.00. The molecule has 3 rings (SSSR count). The van der Waals surface area contributed by atoms with E-state index in [1.54, 1.807) is 18.2 Å². The quantitative estimate of drug-likeness (QED) is 0.532. The molecule has 1 unspecified atom stereocenters. The van der Waals surface area contributed by atoms with Crippen molar-refractivity contribution in [1.82, 2.24) is 0 Å². The molecule has 0 N–H and O–H groups in total. The van der Waals surface area contributed by atoms with Crippen molar-refractivity contribution in [1.29, 1.82) is 0 Å². The molecule has 1 atom stereocenters. The molecular formula is C23H24Cl2O2. The van der Waals surface area contributed by atoms with E-state index in [-0.39, 0.29) is 17.5 Å². The zero-order valence-electron chi connectivity index (χ0n) is 15.5. The summed E-state index contributed by atoms with van der Waals surface area (Å²) in [5.74, 6) is -0.212. The molecular weight excluding hydrogens is 379 g/mol. The second-order valence-corrected chi connectivity index (χ2v) is 8.31. The number of halogens is 2. The molecule has 1 aliphatic carbocycles. The predicted octanol–water partition coefficient (Wildman–Crippen LogP) is 6.28. The average molecular weight is 403 g/mol. The molecule has 1 saturated carbocycles. The van der Waals surface area contributed by atoms with Gasteiger partial charge in [0.15, 0.2) is 0 Å². The maximum Gasteiger partial charge on any atom is 0.146 e. The number of benzene rings is 2. The molecule has 0 spiro atoms. The molecule has 0 heterocycles. The minimum Gasteiger partial charge on any atom is -0.299 e. The van der Waals surface area contributed by atoms with Crippen LogP contribution in [0.4, 0.5) is 0 Å². The first-order chi connectivity index (χ1) is 13.0. The van der Waals surface area contributed by atoms with E-state index >= 15 is 0 Å². The maximum atomic E-state index is 13.1. The molecule has 0 bridgehead atoms. The van der Waals surface area contributed by atoms with Crippen molar-refractivity contribution in [3.8, 4) is 0 Å². The lowest BCUT2D eigenvalue weighted by Gasteiger charge is -2.30. The lowest BCUT2D eigenvalue weighted by Crippen LogP contribution is -2.32. The molecule has 0 amide bonds. The van der Waals surface area contributed by atoms with E-state index in [4.69, 9.17) is 23.2 Å². The van der Waals surface area contributed by atoms with Gasteiger partial charge in [-0.15, -0.1) is 0 Å². The Labute approximate surface area is 170 Å². The van der Waals surface area contributed by atoms with Gasteiger partial charge in [0, 0.05) is 16.0 Å². The summed E-state index contributed by atoms with van der Waals surface area (Å²) in [6.07, 6.45) is 3.98. The highest BCUT2D eigenvalue weighted by atomic mass is 35.5. The Morgan fingerprint density at radius 3 is 2.30 bits per heavy atom. The first-order valence-electron chi connectivity index (χ1n) is 9.48. The first kappa shape index (κ1) is 20.1. The Morgan fingerprint density at radius 2 is 1.67 bits per heavy atom. The average Bonchev–Trinajstić information content (AvgIpc) is 2.68. The molecule has 1 fully saturated rings. The minimum atomic E-state index is -0.640. The summed E-state index contributed by atoms with van der Waals surface area (Å²) in [6.45, 7) is 1.50. The minimum absolute atomic E-state index is 0.0446. The zero-order chi connectivity index (χ0) is 19.4. The summed E-state index contributed by atoms with van der Waals surface area (Å²) >= 11 is 12.3. The monoisotopic (exact) mass is 402 g/mol. The first-order valence-corrected chi connectivity index (χ1v) is 10.2. The van der Waals surface area contributed by atoms with Gasteiger partial charge in [0.1, 0.15) is 11.6 Å². The lowest BCUT2D eigenvalue weighted by atomic mass is 9.73. The highest BCUT2D eigenvalue weighted by Gasteiger charge is 2.33. The summed E-state index contributed by atoms with van der Waals surface area (Å²) < 4.78 is 0. The summed E-state index contributed by atoms with van der Waals surface area (Å²) in [7, 11) is 0. The van der Waals surface area contributed by atoms with Crippen molar-refractivity contribution in [3.05, 3.63) is 69.7 Å². The standard InChI is InChI=1S/C23H24Cl2O2/c1-15(26)21(14-19-13-20(24)11-12-22(19)25)23(27)18-9-7-17(8-10-18)16-5-3-2-4-6-16/h2-6,11-13,17-18,21H,7-10,14H2,1H3/t17-,18-,21?. The number of hydrogen-bond donors (Lipinski definition) is 0. The molecule has 2 aromatic rings. The van der Waals surface area contributed by atoms with Crippen LogP contribution in [0, 0.1) is 11.8 Å². The molecule has 27 heavy (non-hydrogen) atoms. The molecule has 2 aromatic carbocycles. The van der Waals surface area contributed by atoms with Gasteiger partial charge >= 0.3 is 0 Å². The fourth-order valence-corrected chi connectivity index (χ4v) is 4.47. The third-order valence-corrected chi connectivity index (χ3v) is 6.27. The lowest BCUT2D eigenvalue weighted by molar-refractivity contribution is -0.134. The van der Waals surface area contributed by atoms with Crippen LogP contribution in [0.5, 0.6) is 0 Å². The van der Waals surface area contributed by atoms with Crippen molar-refractivity contribution >= 4 is 34.8 Å².